The zero-order valence-corrected chi connectivity index (χ0v) is 16.8. The van der Waals surface area contributed by atoms with Crippen LogP contribution in [0.5, 0.6) is 0 Å². The Labute approximate surface area is 170 Å². The van der Waals surface area contributed by atoms with Gasteiger partial charge in [0.25, 0.3) is 5.91 Å². The molecule has 0 saturated heterocycles. The van der Waals surface area contributed by atoms with E-state index in [0.717, 1.165) is 27.8 Å². The maximum atomic E-state index is 12.3. The molecule has 0 aliphatic heterocycles. The zero-order chi connectivity index (χ0) is 19.5. The molecule has 7 nitrogen and oxygen atoms in total. The van der Waals surface area contributed by atoms with E-state index in [-0.39, 0.29) is 5.91 Å². The summed E-state index contributed by atoms with van der Waals surface area (Å²) in [5, 5.41) is 11.7. The molecule has 0 fully saturated rings. The number of carbonyl (C=O) groups is 1. The molecule has 4 rings (SSSR count). The number of carbonyl (C=O) groups excluding carboxylic acids is 1. The quantitative estimate of drug-likeness (QED) is 0.501. The first kappa shape index (κ1) is 18.3. The van der Waals surface area contributed by atoms with Crippen LogP contribution in [0, 0.1) is 6.92 Å². The average Bonchev–Trinajstić information content (AvgIpc) is 3.35. The second-order valence-electron chi connectivity index (χ2n) is 5.88. The van der Waals surface area contributed by atoms with Crippen LogP contribution < -0.4 is 5.32 Å². The molecular weight excluding hydrogens is 392 g/mol. The number of anilines is 1. The van der Waals surface area contributed by atoms with Crippen molar-refractivity contribution in [3.8, 4) is 17.2 Å². The SMILES string of the molecule is CSc1cccc(-n2nnc(-c3nsc(NC(=O)c4ccccc4)n3)c2C)c1. The first-order valence-corrected chi connectivity index (χ1v) is 10.4. The third-order valence-electron chi connectivity index (χ3n) is 4.09. The van der Waals surface area contributed by atoms with Gasteiger partial charge in [-0.15, -0.1) is 16.9 Å². The highest BCUT2D eigenvalue weighted by Crippen LogP contribution is 2.25. The topological polar surface area (TPSA) is 85.6 Å². The Morgan fingerprint density at radius 2 is 1.96 bits per heavy atom. The van der Waals surface area contributed by atoms with Gasteiger partial charge in [-0.1, -0.05) is 29.5 Å². The molecule has 0 atom stereocenters. The predicted molar refractivity (Wildman–Crippen MR) is 111 cm³/mol. The van der Waals surface area contributed by atoms with Crippen molar-refractivity contribution in [1.82, 2.24) is 24.4 Å². The van der Waals surface area contributed by atoms with E-state index in [1.54, 1.807) is 28.6 Å². The van der Waals surface area contributed by atoms with Crippen molar-refractivity contribution in [3.63, 3.8) is 0 Å². The molecule has 140 valence electrons. The van der Waals surface area contributed by atoms with Crippen LogP contribution in [0.2, 0.25) is 0 Å². The molecule has 1 amide bonds. The number of hydrogen-bond donors (Lipinski definition) is 1. The fraction of sp³-hybridized carbons (Fsp3) is 0.105. The molecule has 1 N–H and O–H groups in total. The fourth-order valence-electron chi connectivity index (χ4n) is 2.65. The van der Waals surface area contributed by atoms with Gasteiger partial charge in [0.2, 0.25) is 5.13 Å². The molecule has 9 heteroatoms. The molecule has 2 aromatic carbocycles. The van der Waals surface area contributed by atoms with E-state index in [1.807, 2.05) is 49.6 Å². The summed E-state index contributed by atoms with van der Waals surface area (Å²) in [4.78, 5) is 17.8. The lowest BCUT2D eigenvalue weighted by atomic mass is 10.2. The van der Waals surface area contributed by atoms with Gasteiger partial charge >= 0.3 is 0 Å². The van der Waals surface area contributed by atoms with Crippen LogP contribution >= 0.6 is 23.3 Å². The number of rotatable bonds is 5. The smallest absolute Gasteiger partial charge is 0.257 e. The lowest BCUT2D eigenvalue weighted by Gasteiger charge is -2.04. The molecule has 2 heterocycles. The summed E-state index contributed by atoms with van der Waals surface area (Å²) in [6.45, 7) is 1.92. The van der Waals surface area contributed by atoms with Gasteiger partial charge in [0.05, 0.1) is 11.4 Å². The van der Waals surface area contributed by atoms with Gasteiger partial charge in [-0.25, -0.2) is 4.68 Å². The van der Waals surface area contributed by atoms with E-state index in [1.165, 1.54) is 0 Å². The van der Waals surface area contributed by atoms with Crippen LogP contribution in [0.3, 0.4) is 0 Å². The molecule has 0 saturated carbocycles. The van der Waals surface area contributed by atoms with Gasteiger partial charge in [0, 0.05) is 22.0 Å². The third-order valence-corrected chi connectivity index (χ3v) is 5.44. The Kier molecular flexibility index (Phi) is 5.18. The molecule has 4 aromatic rings. The molecular formula is C19H16N6OS2. The van der Waals surface area contributed by atoms with Crippen molar-refractivity contribution >= 4 is 34.3 Å². The fourth-order valence-corrected chi connectivity index (χ4v) is 3.67. The Morgan fingerprint density at radius 3 is 2.75 bits per heavy atom. The van der Waals surface area contributed by atoms with E-state index < -0.39 is 0 Å². The van der Waals surface area contributed by atoms with E-state index in [9.17, 15) is 4.79 Å². The number of benzene rings is 2. The third kappa shape index (κ3) is 3.67. The molecule has 0 aliphatic carbocycles. The van der Waals surface area contributed by atoms with Gasteiger partial charge < -0.3 is 0 Å². The molecule has 0 radical (unpaired) electrons. The van der Waals surface area contributed by atoms with Crippen molar-refractivity contribution < 1.29 is 4.79 Å². The summed E-state index contributed by atoms with van der Waals surface area (Å²) < 4.78 is 6.09. The van der Waals surface area contributed by atoms with E-state index in [2.05, 4.69) is 31.1 Å². The maximum absolute atomic E-state index is 12.3. The Hall–Kier alpha value is -3.04. The Bertz CT molecular complexity index is 1120. The largest absolute Gasteiger partial charge is 0.297 e. The first-order chi connectivity index (χ1) is 13.7. The molecule has 2 aromatic heterocycles. The number of nitrogens with zero attached hydrogens (tertiary/aromatic N) is 5. The average molecular weight is 409 g/mol. The van der Waals surface area contributed by atoms with Crippen LogP contribution in [0.15, 0.2) is 59.5 Å². The summed E-state index contributed by atoms with van der Waals surface area (Å²) in [5.74, 6) is 0.218. The maximum Gasteiger partial charge on any atom is 0.257 e. The molecule has 0 unspecified atom stereocenters. The van der Waals surface area contributed by atoms with E-state index >= 15 is 0 Å². The highest BCUT2D eigenvalue weighted by atomic mass is 32.2. The van der Waals surface area contributed by atoms with Gasteiger partial charge in [-0.2, -0.15) is 9.36 Å². The first-order valence-electron chi connectivity index (χ1n) is 8.43. The summed E-state index contributed by atoms with van der Waals surface area (Å²) in [6.07, 6.45) is 2.03. The van der Waals surface area contributed by atoms with Crippen LogP contribution in [0.4, 0.5) is 5.13 Å². The predicted octanol–water partition coefficient (Wildman–Crippen LogP) is 4.07. The second-order valence-corrected chi connectivity index (χ2v) is 7.51. The number of hydrogen-bond acceptors (Lipinski definition) is 7. The minimum Gasteiger partial charge on any atom is -0.297 e. The highest BCUT2D eigenvalue weighted by molar-refractivity contribution is 7.98. The number of nitrogens with one attached hydrogen (secondary N) is 1. The minimum absolute atomic E-state index is 0.224. The monoisotopic (exact) mass is 408 g/mol. The zero-order valence-electron chi connectivity index (χ0n) is 15.2. The lowest BCUT2D eigenvalue weighted by molar-refractivity contribution is 0.102. The Morgan fingerprint density at radius 1 is 1.14 bits per heavy atom. The van der Waals surface area contributed by atoms with Crippen molar-refractivity contribution in [2.45, 2.75) is 11.8 Å². The molecule has 28 heavy (non-hydrogen) atoms. The van der Waals surface area contributed by atoms with Crippen molar-refractivity contribution in [2.24, 2.45) is 0 Å². The van der Waals surface area contributed by atoms with Crippen molar-refractivity contribution in [3.05, 3.63) is 65.9 Å². The van der Waals surface area contributed by atoms with Crippen molar-refractivity contribution in [2.75, 3.05) is 11.6 Å². The van der Waals surface area contributed by atoms with Gasteiger partial charge in [-0.05, 0) is 43.5 Å². The number of thioether (sulfide) groups is 1. The summed E-state index contributed by atoms with van der Waals surface area (Å²) in [7, 11) is 0. The van der Waals surface area contributed by atoms with Gasteiger partial charge in [0.1, 0.15) is 0 Å². The summed E-state index contributed by atoms with van der Waals surface area (Å²) in [5.41, 5.74) is 2.91. The Balaban J connectivity index is 1.57. The van der Waals surface area contributed by atoms with Crippen LogP contribution in [0.25, 0.3) is 17.2 Å². The van der Waals surface area contributed by atoms with Crippen molar-refractivity contribution in [1.29, 1.82) is 0 Å². The normalized spacial score (nSPS) is 10.8. The van der Waals surface area contributed by atoms with E-state index in [4.69, 9.17) is 0 Å². The van der Waals surface area contributed by atoms with Crippen LogP contribution in [0.1, 0.15) is 16.1 Å². The van der Waals surface area contributed by atoms with Crippen LogP contribution in [-0.4, -0.2) is 36.5 Å². The van der Waals surface area contributed by atoms with Gasteiger partial charge in [0.15, 0.2) is 11.5 Å². The second kappa shape index (κ2) is 7.91. The standard InChI is InChI=1S/C19H16N6OS2/c1-12-16(22-24-25(12)14-9-6-10-15(11-14)27-2)17-20-19(28-23-17)21-18(26)13-7-4-3-5-8-13/h3-11H,1-2H3,(H,20,21,23,26). The summed E-state index contributed by atoms with van der Waals surface area (Å²) in [6, 6.07) is 17.0. The highest BCUT2D eigenvalue weighted by Gasteiger charge is 2.18. The van der Waals surface area contributed by atoms with Gasteiger partial charge in [-0.3, -0.25) is 10.1 Å². The van der Waals surface area contributed by atoms with Crippen LogP contribution in [-0.2, 0) is 0 Å². The van der Waals surface area contributed by atoms with E-state index in [0.29, 0.717) is 22.2 Å². The molecule has 0 aliphatic rings. The summed E-state index contributed by atoms with van der Waals surface area (Å²) >= 11 is 2.78. The number of aromatic nitrogens is 5. The number of amides is 1. The molecule has 0 spiro atoms. The minimum atomic E-state index is -0.224. The molecule has 0 bridgehead atoms. The lowest BCUT2D eigenvalue weighted by Crippen LogP contribution is -2.11.